The van der Waals surface area contributed by atoms with Crippen LogP contribution in [0.3, 0.4) is 0 Å². The van der Waals surface area contributed by atoms with E-state index in [4.69, 9.17) is 23.2 Å². The number of benzene rings is 2. The van der Waals surface area contributed by atoms with E-state index < -0.39 is 0 Å². The normalized spacial score (nSPS) is 15.9. The lowest BCUT2D eigenvalue weighted by Crippen LogP contribution is -2.17. The van der Waals surface area contributed by atoms with Gasteiger partial charge in [0.05, 0.1) is 26.0 Å². The molecule has 2 heterocycles. The molecule has 0 atom stereocenters. The average molecular weight is 404 g/mol. The van der Waals surface area contributed by atoms with E-state index in [1.807, 2.05) is 35.9 Å². The summed E-state index contributed by atoms with van der Waals surface area (Å²) in [7, 11) is 1.91. The summed E-state index contributed by atoms with van der Waals surface area (Å²) in [6.45, 7) is 0. The van der Waals surface area contributed by atoms with Crippen molar-refractivity contribution in [3.05, 3.63) is 56.9 Å². The number of hydrogen-bond donors (Lipinski definition) is 1. The Morgan fingerprint density at radius 3 is 2.46 bits per heavy atom. The van der Waals surface area contributed by atoms with E-state index in [-0.39, 0.29) is 11.1 Å². The van der Waals surface area contributed by atoms with Gasteiger partial charge in [-0.25, -0.2) is 4.98 Å². The van der Waals surface area contributed by atoms with Crippen molar-refractivity contribution in [1.82, 2.24) is 14.9 Å². The molecule has 130 valence electrons. The number of halogens is 2. The summed E-state index contributed by atoms with van der Waals surface area (Å²) < 4.78 is 1.95. The highest BCUT2D eigenvalue weighted by molar-refractivity contribution is 8.18. The molecule has 3 aromatic rings. The predicted molar refractivity (Wildman–Crippen MR) is 105 cm³/mol. The fraction of sp³-hybridized carbons (Fsp3) is 0.0556. The zero-order valence-electron chi connectivity index (χ0n) is 13.4. The van der Waals surface area contributed by atoms with E-state index >= 15 is 0 Å². The second kappa shape index (κ2) is 6.46. The largest absolute Gasteiger partial charge is 0.327 e. The van der Waals surface area contributed by atoms with Crippen molar-refractivity contribution in [2.24, 2.45) is 7.05 Å². The number of fused-ring (bicyclic) bond motifs is 1. The summed E-state index contributed by atoms with van der Waals surface area (Å²) in [5, 5.41) is 2.84. The maximum absolute atomic E-state index is 11.6. The van der Waals surface area contributed by atoms with Crippen LogP contribution < -0.4 is 5.32 Å². The number of rotatable bonds is 2. The third-order valence-electron chi connectivity index (χ3n) is 4.03. The van der Waals surface area contributed by atoms with Crippen LogP contribution in [0.15, 0.2) is 41.3 Å². The average Bonchev–Trinajstić information content (AvgIpc) is 3.08. The Labute approximate surface area is 163 Å². The van der Waals surface area contributed by atoms with Crippen LogP contribution in [0.4, 0.5) is 4.79 Å². The van der Waals surface area contributed by atoms with Gasteiger partial charge >= 0.3 is 0 Å². The summed E-state index contributed by atoms with van der Waals surface area (Å²) in [5.41, 5.74) is 3.39. The first-order chi connectivity index (χ1) is 12.4. The zero-order chi connectivity index (χ0) is 18.4. The summed E-state index contributed by atoms with van der Waals surface area (Å²) in [4.78, 5) is 27.9. The highest BCUT2D eigenvalue weighted by atomic mass is 35.5. The van der Waals surface area contributed by atoms with Gasteiger partial charge in [0, 0.05) is 12.6 Å². The molecule has 1 aromatic heterocycles. The van der Waals surface area contributed by atoms with E-state index in [2.05, 4.69) is 10.3 Å². The van der Waals surface area contributed by atoms with Crippen LogP contribution in [0.5, 0.6) is 0 Å². The lowest BCUT2D eigenvalue weighted by Gasteiger charge is -2.04. The number of thioether (sulfide) groups is 1. The van der Waals surface area contributed by atoms with Crippen molar-refractivity contribution in [3.8, 4) is 11.4 Å². The molecule has 1 aliphatic heterocycles. The van der Waals surface area contributed by atoms with Gasteiger partial charge in [-0.2, -0.15) is 0 Å². The first kappa shape index (κ1) is 17.1. The van der Waals surface area contributed by atoms with Crippen molar-refractivity contribution in [2.75, 3.05) is 0 Å². The van der Waals surface area contributed by atoms with Crippen LogP contribution in [-0.4, -0.2) is 20.7 Å². The number of carbonyl (C=O) groups excluding carboxylic acids is 2. The second-order valence-electron chi connectivity index (χ2n) is 5.72. The number of aromatic nitrogens is 2. The van der Waals surface area contributed by atoms with Gasteiger partial charge in [-0.05, 0) is 35.5 Å². The standard InChI is InChI=1S/C18H11Cl2N3O2S/c1-23-14-8-12(20)11(19)7-13(14)21-16(23)10-4-2-9(3-5-10)6-15-17(24)22-18(25)26-15/h2-8H,1H3,(H,22,24,25)/b15-6+. The number of imide groups is 1. The number of aryl methyl sites for hydroxylation is 1. The van der Waals surface area contributed by atoms with E-state index in [0.29, 0.717) is 15.0 Å². The van der Waals surface area contributed by atoms with E-state index in [1.165, 1.54) is 0 Å². The van der Waals surface area contributed by atoms with Gasteiger partial charge in [-0.1, -0.05) is 47.5 Å². The van der Waals surface area contributed by atoms with Gasteiger partial charge in [-0.3, -0.25) is 14.9 Å². The Balaban J connectivity index is 1.70. The van der Waals surface area contributed by atoms with Crippen LogP contribution in [-0.2, 0) is 11.8 Å². The van der Waals surface area contributed by atoms with Crippen LogP contribution in [0, 0.1) is 0 Å². The molecule has 4 rings (SSSR count). The number of nitrogens with one attached hydrogen (secondary N) is 1. The lowest BCUT2D eigenvalue weighted by molar-refractivity contribution is -0.115. The minimum absolute atomic E-state index is 0.352. The highest BCUT2D eigenvalue weighted by Gasteiger charge is 2.24. The van der Waals surface area contributed by atoms with Crippen LogP contribution in [0.1, 0.15) is 5.56 Å². The molecule has 0 unspecified atom stereocenters. The molecule has 1 fully saturated rings. The van der Waals surface area contributed by atoms with E-state index in [9.17, 15) is 9.59 Å². The number of hydrogen-bond acceptors (Lipinski definition) is 4. The molecule has 1 saturated heterocycles. The van der Waals surface area contributed by atoms with Gasteiger partial charge in [0.2, 0.25) is 0 Å². The third-order valence-corrected chi connectivity index (χ3v) is 5.56. The maximum atomic E-state index is 11.6. The highest BCUT2D eigenvalue weighted by Crippen LogP contribution is 2.31. The molecule has 2 aromatic carbocycles. The Morgan fingerprint density at radius 1 is 1.12 bits per heavy atom. The van der Waals surface area contributed by atoms with Gasteiger partial charge in [0.25, 0.3) is 11.1 Å². The predicted octanol–water partition coefficient (Wildman–Crippen LogP) is 4.87. The topological polar surface area (TPSA) is 64.0 Å². The second-order valence-corrected chi connectivity index (χ2v) is 7.55. The van der Waals surface area contributed by atoms with Gasteiger partial charge in [0.1, 0.15) is 5.82 Å². The van der Waals surface area contributed by atoms with Gasteiger partial charge < -0.3 is 4.57 Å². The molecule has 5 nitrogen and oxygen atoms in total. The van der Waals surface area contributed by atoms with Crippen molar-refractivity contribution < 1.29 is 9.59 Å². The lowest BCUT2D eigenvalue weighted by atomic mass is 10.1. The molecule has 0 aliphatic carbocycles. The quantitative estimate of drug-likeness (QED) is 0.619. The minimum Gasteiger partial charge on any atom is -0.327 e. The van der Waals surface area contributed by atoms with Crippen molar-refractivity contribution in [3.63, 3.8) is 0 Å². The Morgan fingerprint density at radius 2 is 1.81 bits per heavy atom. The molecular weight excluding hydrogens is 393 g/mol. The molecule has 1 N–H and O–H groups in total. The third kappa shape index (κ3) is 3.00. The van der Waals surface area contributed by atoms with Crippen LogP contribution >= 0.6 is 35.0 Å². The molecule has 2 amide bonds. The molecule has 26 heavy (non-hydrogen) atoms. The van der Waals surface area contributed by atoms with Gasteiger partial charge in [-0.15, -0.1) is 0 Å². The molecule has 0 radical (unpaired) electrons. The summed E-state index contributed by atoms with van der Waals surface area (Å²) in [5.74, 6) is 0.411. The monoisotopic (exact) mass is 403 g/mol. The van der Waals surface area contributed by atoms with E-state index in [0.717, 1.165) is 39.7 Å². The number of amides is 2. The van der Waals surface area contributed by atoms with Crippen molar-refractivity contribution in [2.45, 2.75) is 0 Å². The summed E-state index contributed by atoms with van der Waals surface area (Å²) >= 11 is 13.1. The molecule has 0 bridgehead atoms. The molecule has 0 saturated carbocycles. The molecule has 0 spiro atoms. The van der Waals surface area contributed by atoms with Crippen LogP contribution in [0.2, 0.25) is 10.0 Å². The minimum atomic E-state index is -0.367. The fourth-order valence-corrected chi connectivity index (χ4v) is 3.74. The maximum Gasteiger partial charge on any atom is 0.290 e. The fourth-order valence-electron chi connectivity index (χ4n) is 2.75. The zero-order valence-corrected chi connectivity index (χ0v) is 15.7. The summed E-state index contributed by atoms with van der Waals surface area (Å²) in [6, 6.07) is 11.1. The first-order valence-corrected chi connectivity index (χ1v) is 9.16. The number of imidazole rings is 1. The first-order valence-electron chi connectivity index (χ1n) is 7.59. The van der Waals surface area contributed by atoms with E-state index in [1.54, 1.807) is 18.2 Å². The molecule has 1 aliphatic rings. The smallest absolute Gasteiger partial charge is 0.290 e. The van der Waals surface area contributed by atoms with Crippen molar-refractivity contribution >= 4 is 63.2 Å². The summed E-state index contributed by atoms with van der Waals surface area (Å²) in [6.07, 6.45) is 1.68. The Kier molecular flexibility index (Phi) is 4.26. The van der Waals surface area contributed by atoms with Gasteiger partial charge in [0.15, 0.2) is 0 Å². The van der Waals surface area contributed by atoms with Crippen LogP contribution in [0.25, 0.3) is 28.5 Å². The Hall–Kier alpha value is -2.28. The number of carbonyl (C=O) groups is 2. The molecular formula is C18H11Cl2N3O2S. The molecule has 8 heteroatoms. The van der Waals surface area contributed by atoms with Crippen molar-refractivity contribution in [1.29, 1.82) is 0 Å². The Bertz CT molecular complexity index is 1100. The number of nitrogens with zero attached hydrogens (tertiary/aromatic N) is 2. The SMILES string of the molecule is Cn1c(-c2ccc(/C=C3/SC(=O)NC3=O)cc2)nc2cc(Cl)c(Cl)cc21.